The largest absolute Gasteiger partial charge is 0.489 e. The third kappa shape index (κ3) is 3.99. The fraction of sp³-hybridized carbons (Fsp3) is 0.200. The molecule has 18 heavy (non-hydrogen) atoms. The predicted molar refractivity (Wildman–Crippen MR) is 87.5 cm³/mol. The fourth-order valence-corrected chi connectivity index (χ4v) is 2.71. The van der Waals surface area contributed by atoms with Crippen LogP contribution in [-0.4, -0.2) is 4.43 Å². The number of benzene rings is 2. The topological polar surface area (TPSA) is 9.23 Å². The highest BCUT2D eigenvalue weighted by Gasteiger charge is 2.04. The maximum atomic E-state index is 5.91. The monoisotopic (exact) mass is 416 g/mol. The Bertz CT molecular complexity index is 499. The second-order valence-electron chi connectivity index (χ2n) is 3.97. The van der Waals surface area contributed by atoms with Crippen LogP contribution in [0.1, 0.15) is 11.1 Å². The highest BCUT2D eigenvalue weighted by molar-refractivity contribution is 14.1. The van der Waals surface area contributed by atoms with Gasteiger partial charge < -0.3 is 4.74 Å². The average molecular weight is 417 g/mol. The molecule has 0 saturated heterocycles. The van der Waals surface area contributed by atoms with Gasteiger partial charge in [-0.1, -0.05) is 68.9 Å². The Balaban J connectivity index is 2.09. The van der Waals surface area contributed by atoms with Gasteiger partial charge in [0, 0.05) is 8.90 Å². The SMILES string of the molecule is Brc1ccc(OCc2ccccc2)c(CCI)c1. The molecule has 0 radical (unpaired) electrons. The first-order valence-corrected chi connectivity index (χ1v) is 8.12. The first-order chi connectivity index (χ1) is 8.79. The summed E-state index contributed by atoms with van der Waals surface area (Å²) in [6.07, 6.45) is 1.03. The summed E-state index contributed by atoms with van der Waals surface area (Å²) < 4.78 is 8.11. The number of rotatable bonds is 5. The molecule has 0 amide bonds. The van der Waals surface area contributed by atoms with Crippen LogP contribution in [-0.2, 0) is 13.0 Å². The molecule has 2 aromatic carbocycles. The van der Waals surface area contributed by atoms with E-state index in [1.165, 1.54) is 11.1 Å². The molecule has 0 saturated carbocycles. The summed E-state index contributed by atoms with van der Waals surface area (Å²) in [6, 6.07) is 16.4. The molecule has 1 nitrogen and oxygen atoms in total. The third-order valence-corrected chi connectivity index (χ3v) is 3.66. The van der Waals surface area contributed by atoms with Gasteiger partial charge in [0.05, 0.1) is 0 Å². The normalized spacial score (nSPS) is 10.3. The van der Waals surface area contributed by atoms with Crippen molar-refractivity contribution in [3.8, 4) is 5.75 Å². The summed E-state index contributed by atoms with van der Waals surface area (Å²) in [4.78, 5) is 0. The Kier molecular flexibility index (Phi) is 5.50. The molecule has 0 aliphatic rings. The summed E-state index contributed by atoms with van der Waals surface area (Å²) in [5.74, 6) is 0.985. The van der Waals surface area contributed by atoms with E-state index >= 15 is 0 Å². The average Bonchev–Trinajstić information content (AvgIpc) is 2.39. The van der Waals surface area contributed by atoms with E-state index < -0.39 is 0 Å². The molecule has 0 aliphatic carbocycles. The molecule has 2 rings (SSSR count). The van der Waals surface area contributed by atoms with Gasteiger partial charge in [-0.25, -0.2) is 0 Å². The van der Waals surface area contributed by atoms with Gasteiger partial charge in [-0.15, -0.1) is 0 Å². The molecule has 3 heteroatoms. The van der Waals surface area contributed by atoms with Crippen molar-refractivity contribution in [2.45, 2.75) is 13.0 Å². The molecule has 0 N–H and O–H groups in total. The lowest BCUT2D eigenvalue weighted by atomic mass is 10.1. The Labute approximate surface area is 130 Å². The molecule has 0 heterocycles. The zero-order chi connectivity index (χ0) is 12.8. The van der Waals surface area contributed by atoms with Gasteiger partial charge in [0.2, 0.25) is 0 Å². The van der Waals surface area contributed by atoms with E-state index in [9.17, 15) is 0 Å². The van der Waals surface area contributed by atoms with Crippen molar-refractivity contribution in [2.24, 2.45) is 0 Å². The van der Waals surface area contributed by atoms with Crippen molar-refractivity contribution in [3.63, 3.8) is 0 Å². The number of hydrogen-bond acceptors (Lipinski definition) is 1. The molecule has 0 unspecified atom stereocenters. The second kappa shape index (κ2) is 7.14. The molecule has 94 valence electrons. The molecule has 0 aromatic heterocycles. The van der Waals surface area contributed by atoms with Gasteiger partial charge in [-0.3, -0.25) is 0 Å². The molecule has 0 aliphatic heterocycles. The van der Waals surface area contributed by atoms with Gasteiger partial charge in [-0.2, -0.15) is 0 Å². The van der Waals surface area contributed by atoms with Crippen LogP contribution < -0.4 is 4.74 Å². The minimum atomic E-state index is 0.622. The first-order valence-electron chi connectivity index (χ1n) is 5.80. The van der Waals surface area contributed by atoms with Gasteiger partial charge in [0.25, 0.3) is 0 Å². The number of alkyl halides is 1. The first kappa shape index (κ1) is 13.9. The molecule has 2 aromatic rings. The molecule has 0 fully saturated rings. The standard InChI is InChI=1S/C15H14BrIO/c16-14-6-7-15(13(10-14)8-9-17)18-11-12-4-2-1-3-5-12/h1-7,10H,8-9,11H2. The van der Waals surface area contributed by atoms with Crippen LogP contribution in [0.15, 0.2) is 53.0 Å². The molecule has 0 spiro atoms. The van der Waals surface area contributed by atoms with Gasteiger partial charge >= 0.3 is 0 Å². The zero-order valence-electron chi connectivity index (χ0n) is 9.90. The lowest BCUT2D eigenvalue weighted by Gasteiger charge is -2.11. The summed E-state index contributed by atoms with van der Waals surface area (Å²) in [6.45, 7) is 0.622. The van der Waals surface area contributed by atoms with Gasteiger partial charge in [0.1, 0.15) is 12.4 Å². The summed E-state index contributed by atoms with van der Waals surface area (Å²) in [7, 11) is 0. The van der Waals surface area contributed by atoms with E-state index in [0.717, 1.165) is 21.1 Å². The zero-order valence-corrected chi connectivity index (χ0v) is 13.6. The highest BCUT2D eigenvalue weighted by Crippen LogP contribution is 2.25. The van der Waals surface area contributed by atoms with Crippen molar-refractivity contribution < 1.29 is 4.74 Å². The molecular formula is C15H14BrIO. The summed E-state index contributed by atoms with van der Waals surface area (Å²) in [5.41, 5.74) is 2.45. The quantitative estimate of drug-likeness (QED) is 0.492. The van der Waals surface area contributed by atoms with Crippen LogP contribution in [0.4, 0.5) is 0 Å². The Morgan fingerprint density at radius 1 is 1.06 bits per heavy atom. The molecule has 0 atom stereocenters. The van der Waals surface area contributed by atoms with E-state index in [1.807, 2.05) is 30.3 Å². The third-order valence-electron chi connectivity index (χ3n) is 2.62. The molecule has 0 bridgehead atoms. The van der Waals surface area contributed by atoms with Crippen molar-refractivity contribution in [3.05, 3.63) is 64.1 Å². The Morgan fingerprint density at radius 2 is 1.83 bits per heavy atom. The minimum Gasteiger partial charge on any atom is -0.489 e. The van der Waals surface area contributed by atoms with Crippen LogP contribution >= 0.6 is 38.5 Å². The second-order valence-corrected chi connectivity index (χ2v) is 5.96. The summed E-state index contributed by atoms with van der Waals surface area (Å²) in [5, 5.41) is 0. The van der Waals surface area contributed by atoms with Crippen molar-refractivity contribution in [1.82, 2.24) is 0 Å². The van der Waals surface area contributed by atoms with Gasteiger partial charge in [-0.05, 0) is 35.7 Å². The molecular weight excluding hydrogens is 403 g/mol. The smallest absolute Gasteiger partial charge is 0.123 e. The maximum absolute atomic E-state index is 5.91. The van der Waals surface area contributed by atoms with Crippen molar-refractivity contribution in [2.75, 3.05) is 4.43 Å². The lowest BCUT2D eigenvalue weighted by molar-refractivity contribution is 0.303. The van der Waals surface area contributed by atoms with Crippen LogP contribution in [0.25, 0.3) is 0 Å². The van der Waals surface area contributed by atoms with Crippen LogP contribution in [0.5, 0.6) is 5.75 Å². The number of ether oxygens (including phenoxy) is 1. The lowest BCUT2D eigenvalue weighted by Crippen LogP contribution is -1.99. The Morgan fingerprint density at radius 3 is 2.56 bits per heavy atom. The summed E-state index contributed by atoms with van der Waals surface area (Å²) >= 11 is 5.89. The number of hydrogen-bond donors (Lipinski definition) is 0. The predicted octanol–water partition coefficient (Wildman–Crippen LogP) is 5.01. The van der Waals surface area contributed by atoms with Crippen LogP contribution in [0.3, 0.4) is 0 Å². The van der Waals surface area contributed by atoms with E-state index in [0.29, 0.717) is 6.61 Å². The minimum absolute atomic E-state index is 0.622. The van der Waals surface area contributed by atoms with Crippen molar-refractivity contribution >= 4 is 38.5 Å². The number of aryl methyl sites for hydroxylation is 1. The van der Waals surface area contributed by atoms with Crippen molar-refractivity contribution in [1.29, 1.82) is 0 Å². The van der Waals surface area contributed by atoms with E-state index in [1.54, 1.807) is 0 Å². The number of halogens is 2. The fourth-order valence-electron chi connectivity index (χ4n) is 1.72. The van der Waals surface area contributed by atoms with Gasteiger partial charge in [0.15, 0.2) is 0 Å². The van der Waals surface area contributed by atoms with E-state index in [4.69, 9.17) is 4.74 Å². The maximum Gasteiger partial charge on any atom is 0.123 e. The van der Waals surface area contributed by atoms with E-state index in [-0.39, 0.29) is 0 Å². The van der Waals surface area contributed by atoms with E-state index in [2.05, 4.69) is 56.7 Å². The van der Waals surface area contributed by atoms with Crippen LogP contribution in [0.2, 0.25) is 0 Å². The van der Waals surface area contributed by atoms with Crippen LogP contribution in [0, 0.1) is 0 Å². The Hall–Kier alpha value is -0.550. The highest BCUT2D eigenvalue weighted by atomic mass is 127.